The average Bonchev–Trinajstić information content (AvgIpc) is 2.42. The van der Waals surface area contributed by atoms with Gasteiger partial charge in [-0.15, -0.1) is 0 Å². The maximum Gasteiger partial charge on any atom is 0.301 e. The van der Waals surface area contributed by atoms with E-state index in [1.807, 2.05) is 30.3 Å². The summed E-state index contributed by atoms with van der Waals surface area (Å²) in [5.41, 5.74) is 7.57. The average molecular weight is 291 g/mol. The van der Waals surface area contributed by atoms with Crippen LogP contribution in [0.1, 0.15) is 5.56 Å². The number of benzene rings is 2. The number of nitrogens with one attached hydrogen (secondary N) is 1. The predicted octanol–water partition coefficient (Wildman–Crippen LogP) is 2.06. The fourth-order valence-electron chi connectivity index (χ4n) is 1.70. The van der Waals surface area contributed by atoms with Crippen molar-refractivity contribution in [2.24, 2.45) is 0 Å². The van der Waals surface area contributed by atoms with Crippen LogP contribution in [-0.4, -0.2) is 19.8 Å². The summed E-state index contributed by atoms with van der Waals surface area (Å²) in [4.78, 5) is 0. The second-order valence-corrected chi connectivity index (χ2v) is 6.25. The Morgan fingerprint density at radius 1 is 1.05 bits per heavy atom. The molecule has 2 aromatic rings. The third-order valence-corrected chi connectivity index (χ3v) is 4.26. The van der Waals surface area contributed by atoms with Gasteiger partial charge in [0, 0.05) is 25.0 Å². The van der Waals surface area contributed by atoms with E-state index in [0.29, 0.717) is 17.9 Å². The summed E-state index contributed by atoms with van der Waals surface area (Å²) in [5.74, 6) is 0. The van der Waals surface area contributed by atoms with E-state index in [1.165, 1.54) is 11.4 Å². The molecule has 0 heterocycles. The molecule has 2 rings (SSSR count). The van der Waals surface area contributed by atoms with Crippen LogP contribution in [0, 0.1) is 0 Å². The van der Waals surface area contributed by atoms with Gasteiger partial charge in [0.2, 0.25) is 0 Å². The van der Waals surface area contributed by atoms with Crippen molar-refractivity contribution in [3.8, 4) is 0 Å². The molecule has 106 valence electrons. The van der Waals surface area contributed by atoms with Gasteiger partial charge in [-0.1, -0.05) is 30.3 Å². The highest BCUT2D eigenvalue weighted by Gasteiger charge is 2.17. The molecule has 0 saturated carbocycles. The molecule has 5 nitrogen and oxygen atoms in total. The Hall–Kier alpha value is -2.05. The van der Waals surface area contributed by atoms with Crippen molar-refractivity contribution in [2.75, 3.05) is 17.5 Å². The summed E-state index contributed by atoms with van der Waals surface area (Å²) in [6, 6.07) is 16.0. The van der Waals surface area contributed by atoms with Crippen LogP contribution in [0.3, 0.4) is 0 Å². The first-order chi connectivity index (χ1) is 9.47. The van der Waals surface area contributed by atoms with Crippen molar-refractivity contribution in [1.29, 1.82) is 0 Å². The molecule has 3 N–H and O–H groups in total. The third-order valence-electron chi connectivity index (χ3n) is 2.82. The molecule has 0 radical (unpaired) electrons. The predicted molar refractivity (Wildman–Crippen MR) is 81.3 cm³/mol. The van der Waals surface area contributed by atoms with E-state index >= 15 is 0 Å². The minimum atomic E-state index is -3.58. The van der Waals surface area contributed by atoms with E-state index in [-0.39, 0.29) is 0 Å². The summed E-state index contributed by atoms with van der Waals surface area (Å²) in [6.45, 7) is 0.311. The van der Waals surface area contributed by atoms with Gasteiger partial charge < -0.3 is 5.73 Å². The lowest BCUT2D eigenvalue weighted by molar-refractivity contribution is 0.471. The molecule has 0 aliphatic rings. The van der Waals surface area contributed by atoms with Crippen LogP contribution in [0.15, 0.2) is 54.6 Å². The molecule has 0 unspecified atom stereocenters. The molecule has 0 spiro atoms. The molecule has 20 heavy (non-hydrogen) atoms. The number of nitrogens with two attached hydrogens (primary N) is 1. The Labute approximate surface area is 119 Å². The Kier molecular flexibility index (Phi) is 4.26. The highest BCUT2D eigenvalue weighted by atomic mass is 32.2. The maximum absolute atomic E-state index is 12.2. The van der Waals surface area contributed by atoms with E-state index in [4.69, 9.17) is 5.73 Å². The summed E-state index contributed by atoms with van der Waals surface area (Å²) in [5, 5.41) is 0. The minimum absolute atomic E-state index is 0.311. The summed E-state index contributed by atoms with van der Waals surface area (Å²) >= 11 is 0. The van der Waals surface area contributed by atoms with Gasteiger partial charge in [0.1, 0.15) is 0 Å². The van der Waals surface area contributed by atoms with Crippen molar-refractivity contribution < 1.29 is 8.42 Å². The first kappa shape index (κ1) is 14.4. The lowest BCUT2D eigenvalue weighted by Crippen LogP contribution is -2.32. The van der Waals surface area contributed by atoms with Crippen LogP contribution >= 0.6 is 0 Å². The van der Waals surface area contributed by atoms with Crippen LogP contribution in [0.4, 0.5) is 11.4 Å². The number of hydrogen-bond acceptors (Lipinski definition) is 3. The minimum Gasteiger partial charge on any atom is -0.399 e. The molecule has 0 aliphatic heterocycles. The highest BCUT2D eigenvalue weighted by Crippen LogP contribution is 2.14. The fraction of sp³-hybridized carbons (Fsp3) is 0.143. The van der Waals surface area contributed by atoms with Crippen LogP contribution in [-0.2, 0) is 16.8 Å². The molecule has 0 bridgehead atoms. The van der Waals surface area contributed by atoms with Crippen molar-refractivity contribution in [3.63, 3.8) is 0 Å². The topological polar surface area (TPSA) is 75.4 Å². The van der Waals surface area contributed by atoms with E-state index in [2.05, 4.69) is 4.72 Å². The second kappa shape index (κ2) is 5.94. The second-order valence-electron chi connectivity index (χ2n) is 4.47. The normalized spacial score (nSPS) is 11.5. The number of nitrogen functional groups attached to an aromatic ring is 1. The smallest absolute Gasteiger partial charge is 0.301 e. The zero-order valence-corrected chi connectivity index (χ0v) is 12.0. The van der Waals surface area contributed by atoms with Crippen LogP contribution in [0.5, 0.6) is 0 Å². The molecule has 0 fully saturated rings. The number of nitrogens with zero attached hydrogens (tertiary/aromatic N) is 1. The summed E-state index contributed by atoms with van der Waals surface area (Å²) in [7, 11) is -2.05. The maximum atomic E-state index is 12.2. The van der Waals surface area contributed by atoms with Gasteiger partial charge in [-0.2, -0.15) is 12.7 Å². The lowest BCUT2D eigenvalue weighted by atomic mass is 10.2. The third kappa shape index (κ3) is 3.72. The van der Waals surface area contributed by atoms with E-state index < -0.39 is 10.2 Å². The van der Waals surface area contributed by atoms with Crippen LogP contribution in [0.2, 0.25) is 0 Å². The molecule has 0 amide bonds. The van der Waals surface area contributed by atoms with Gasteiger partial charge in [-0.25, -0.2) is 0 Å². The highest BCUT2D eigenvalue weighted by molar-refractivity contribution is 7.90. The van der Waals surface area contributed by atoms with Gasteiger partial charge in [-0.3, -0.25) is 4.72 Å². The number of hydrogen-bond donors (Lipinski definition) is 2. The molecule has 0 aromatic heterocycles. The van der Waals surface area contributed by atoms with Gasteiger partial charge >= 0.3 is 10.2 Å². The SMILES string of the molecule is CN(Cc1ccccc1)S(=O)(=O)Nc1ccc(N)cc1. The van der Waals surface area contributed by atoms with Gasteiger partial charge in [0.05, 0.1) is 0 Å². The molecule has 2 aromatic carbocycles. The summed E-state index contributed by atoms with van der Waals surface area (Å²) < 4.78 is 28.1. The molecule has 0 aliphatic carbocycles. The molecular weight excluding hydrogens is 274 g/mol. The van der Waals surface area contributed by atoms with Gasteiger partial charge in [-0.05, 0) is 29.8 Å². The zero-order valence-electron chi connectivity index (χ0n) is 11.2. The van der Waals surface area contributed by atoms with Crippen molar-refractivity contribution in [1.82, 2.24) is 4.31 Å². The van der Waals surface area contributed by atoms with Crippen molar-refractivity contribution >= 4 is 21.6 Å². The monoisotopic (exact) mass is 291 g/mol. The zero-order chi connectivity index (χ0) is 14.6. The van der Waals surface area contributed by atoms with E-state index in [0.717, 1.165) is 5.56 Å². The Balaban J connectivity index is 2.08. The quantitative estimate of drug-likeness (QED) is 0.828. The van der Waals surface area contributed by atoms with Crippen LogP contribution in [0.25, 0.3) is 0 Å². The van der Waals surface area contributed by atoms with Gasteiger partial charge in [0.15, 0.2) is 0 Å². The number of anilines is 2. The van der Waals surface area contributed by atoms with Crippen molar-refractivity contribution in [2.45, 2.75) is 6.54 Å². The standard InChI is InChI=1S/C14H17N3O2S/c1-17(11-12-5-3-2-4-6-12)20(18,19)16-14-9-7-13(15)8-10-14/h2-10,16H,11,15H2,1H3. The van der Waals surface area contributed by atoms with E-state index in [1.54, 1.807) is 24.3 Å². The summed E-state index contributed by atoms with van der Waals surface area (Å²) in [6.07, 6.45) is 0. The Morgan fingerprint density at radius 2 is 1.65 bits per heavy atom. The Bertz CT molecular complexity index is 655. The molecule has 6 heteroatoms. The molecule has 0 saturated heterocycles. The first-order valence-corrected chi connectivity index (χ1v) is 7.55. The molecule has 0 atom stereocenters. The van der Waals surface area contributed by atoms with Gasteiger partial charge in [0.25, 0.3) is 0 Å². The van der Waals surface area contributed by atoms with Crippen LogP contribution < -0.4 is 10.5 Å². The molecular formula is C14H17N3O2S. The largest absolute Gasteiger partial charge is 0.399 e. The first-order valence-electron chi connectivity index (χ1n) is 6.11. The van der Waals surface area contributed by atoms with Crippen molar-refractivity contribution in [3.05, 3.63) is 60.2 Å². The lowest BCUT2D eigenvalue weighted by Gasteiger charge is -2.18. The fourth-order valence-corrected chi connectivity index (χ4v) is 2.61. The van der Waals surface area contributed by atoms with E-state index in [9.17, 15) is 8.42 Å². The Morgan fingerprint density at radius 3 is 2.25 bits per heavy atom. The number of rotatable bonds is 5.